The van der Waals surface area contributed by atoms with Gasteiger partial charge in [-0.25, -0.2) is 4.98 Å². The molecule has 0 spiro atoms. The topological polar surface area (TPSA) is 129 Å². The fourth-order valence-corrected chi connectivity index (χ4v) is 4.12. The Morgan fingerprint density at radius 3 is 2.76 bits per heavy atom. The molecule has 9 nitrogen and oxygen atoms in total. The minimum atomic E-state index is -0.617. The van der Waals surface area contributed by atoms with Crippen LogP contribution in [-0.2, 0) is 13.1 Å². The highest BCUT2D eigenvalue weighted by Gasteiger charge is 2.24. The first-order valence-electron chi connectivity index (χ1n) is 10.8. The summed E-state index contributed by atoms with van der Waals surface area (Å²) in [6.45, 7) is 3.34. The van der Waals surface area contributed by atoms with Crippen molar-refractivity contribution in [2.75, 3.05) is 18.0 Å². The zero-order valence-electron chi connectivity index (χ0n) is 18.5. The summed E-state index contributed by atoms with van der Waals surface area (Å²) >= 11 is 0. The molecule has 1 amide bonds. The molecule has 9 heteroatoms. The summed E-state index contributed by atoms with van der Waals surface area (Å²) in [5.41, 5.74) is 12.6. The number of fused-ring (bicyclic) bond motifs is 1. The molecule has 33 heavy (non-hydrogen) atoms. The van der Waals surface area contributed by atoms with E-state index >= 15 is 0 Å². The van der Waals surface area contributed by atoms with Crippen molar-refractivity contribution in [3.63, 3.8) is 0 Å². The van der Waals surface area contributed by atoms with Gasteiger partial charge < -0.3 is 20.9 Å². The van der Waals surface area contributed by atoms with E-state index in [4.69, 9.17) is 16.5 Å². The lowest BCUT2D eigenvalue weighted by Crippen LogP contribution is -2.44. The van der Waals surface area contributed by atoms with Crippen LogP contribution in [-0.4, -0.2) is 44.9 Å². The molecule has 170 valence electrons. The number of imidazole rings is 1. The van der Waals surface area contributed by atoms with Crippen LogP contribution in [0.4, 0.5) is 5.95 Å². The van der Waals surface area contributed by atoms with Crippen molar-refractivity contribution in [2.45, 2.75) is 38.9 Å². The molecular weight excluding hydrogens is 420 g/mol. The molecule has 0 bridgehead atoms. The van der Waals surface area contributed by atoms with E-state index in [0.717, 1.165) is 19.4 Å². The molecule has 1 unspecified atom stereocenters. The average Bonchev–Trinajstić information content (AvgIpc) is 3.18. The molecule has 1 saturated heterocycles. The third-order valence-corrected chi connectivity index (χ3v) is 5.79. The third kappa shape index (κ3) is 4.52. The summed E-state index contributed by atoms with van der Waals surface area (Å²) in [6, 6.07) is 7.94. The SMILES string of the molecule is CC#CCn1c(N2CCCC(N)C2)nc2ccn(CC(=O)c3cccc(C(N)=O)c3)c(=O)c21. The molecule has 0 saturated carbocycles. The van der Waals surface area contributed by atoms with E-state index in [1.807, 2.05) is 0 Å². The molecule has 3 heterocycles. The van der Waals surface area contributed by atoms with Crippen LogP contribution in [0.25, 0.3) is 11.0 Å². The van der Waals surface area contributed by atoms with E-state index in [9.17, 15) is 14.4 Å². The second-order valence-corrected chi connectivity index (χ2v) is 8.12. The molecule has 1 aromatic carbocycles. The molecule has 1 fully saturated rings. The number of anilines is 1. The number of nitrogens with zero attached hydrogens (tertiary/aromatic N) is 4. The lowest BCUT2D eigenvalue weighted by Gasteiger charge is -2.31. The van der Waals surface area contributed by atoms with Gasteiger partial charge in [0, 0.05) is 36.5 Å². The zero-order valence-corrected chi connectivity index (χ0v) is 18.5. The number of ketones is 1. The van der Waals surface area contributed by atoms with E-state index in [2.05, 4.69) is 16.7 Å². The van der Waals surface area contributed by atoms with Crippen LogP contribution in [0, 0.1) is 11.8 Å². The molecule has 3 aromatic rings. The Labute approximate surface area is 191 Å². The van der Waals surface area contributed by atoms with Crippen molar-refractivity contribution in [3.8, 4) is 11.8 Å². The first-order valence-corrected chi connectivity index (χ1v) is 10.8. The molecule has 0 aliphatic carbocycles. The fourth-order valence-electron chi connectivity index (χ4n) is 4.12. The standard InChI is InChI=1S/C24H26N6O3/c1-2-3-11-30-21-19(27-24(30)29-10-5-8-18(25)14-29)9-12-28(23(21)33)15-20(31)16-6-4-7-17(13-16)22(26)32/h4,6-7,9,12-13,18H,5,8,10-11,14-15,25H2,1H3,(H2,26,32). The lowest BCUT2D eigenvalue weighted by atomic mass is 10.1. The quantitative estimate of drug-likeness (QED) is 0.431. The second kappa shape index (κ2) is 9.30. The van der Waals surface area contributed by atoms with Gasteiger partial charge in [0.1, 0.15) is 5.52 Å². The molecule has 0 radical (unpaired) electrons. The molecule has 1 aliphatic heterocycles. The number of amides is 1. The van der Waals surface area contributed by atoms with Gasteiger partial charge in [-0.3, -0.25) is 19.0 Å². The first kappa shape index (κ1) is 22.3. The van der Waals surface area contributed by atoms with Crippen LogP contribution in [0.1, 0.15) is 40.5 Å². The van der Waals surface area contributed by atoms with Crippen molar-refractivity contribution >= 4 is 28.7 Å². The predicted octanol–water partition coefficient (Wildman–Crippen LogP) is 1.13. The smallest absolute Gasteiger partial charge is 0.277 e. The number of nitrogens with two attached hydrogens (primary N) is 2. The Morgan fingerprint density at radius 1 is 1.24 bits per heavy atom. The number of pyridine rings is 1. The molecule has 1 atom stereocenters. The van der Waals surface area contributed by atoms with Gasteiger partial charge in [0.2, 0.25) is 11.9 Å². The normalized spacial score (nSPS) is 15.8. The summed E-state index contributed by atoms with van der Waals surface area (Å²) in [4.78, 5) is 44.5. The summed E-state index contributed by atoms with van der Waals surface area (Å²) in [6.07, 6.45) is 3.47. The number of carbonyl (C=O) groups is 2. The number of aromatic nitrogens is 3. The maximum atomic E-state index is 13.4. The van der Waals surface area contributed by atoms with Crippen LogP contribution in [0.3, 0.4) is 0 Å². The van der Waals surface area contributed by atoms with Crippen LogP contribution in [0.15, 0.2) is 41.3 Å². The van der Waals surface area contributed by atoms with Gasteiger partial charge in [0.05, 0.1) is 18.6 Å². The van der Waals surface area contributed by atoms with Gasteiger partial charge in [0.25, 0.3) is 5.56 Å². The Morgan fingerprint density at radius 2 is 2.03 bits per heavy atom. The minimum absolute atomic E-state index is 0.0507. The molecule has 4 rings (SSSR count). The van der Waals surface area contributed by atoms with Crippen LogP contribution >= 0.6 is 0 Å². The number of hydrogen-bond acceptors (Lipinski definition) is 6. The van der Waals surface area contributed by atoms with Gasteiger partial charge in [-0.05, 0) is 38.0 Å². The second-order valence-electron chi connectivity index (χ2n) is 8.12. The van der Waals surface area contributed by atoms with Crippen LogP contribution in [0.5, 0.6) is 0 Å². The Balaban J connectivity index is 1.73. The van der Waals surface area contributed by atoms with Gasteiger partial charge in [-0.1, -0.05) is 18.1 Å². The van der Waals surface area contributed by atoms with E-state index in [1.165, 1.54) is 10.6 Å². The van der Waals surface area contributed by atoms with E-state index < -0.39 is 5.91 Å². The highest BCUT2D eigenvalue weighted by molar-refractivity contribution is 6.00. The predicted molar refractivity (Wildman–Crippen MR) is 126 cm³/mol. The number of hydrogen-bond donors (Lipinski definition) is 2. The maximum Gasteiger partial charge on any atom is 0.277 e. The molecule has 4 N–H and O–H groups in total. The van der Waals surface area contributed by atoms with Gasteiger partial charge in [0.15, 0.2) is 5.78 Å². The fraction of sp³-hybridized carbons (Fsp3) is 0.333. The summed E-state index contributed by atoms with van der Waals surface area (Å²) < 4.78 is 3.16. The molecule has 2 aromatic heterocycles. The van der Waals surface area contributed by atoms with Crippen LogP contribution in [0.2, 0.25) is 0 Å². The zero-order chi connectivity index (χ0) is 23.5. The summed E-state index contributed by atoms with van der Waals surface area (Å²) in [5.74, 6) is 5.63. The Hall–Kier alpha value is -3.90. The highest BCUT2D eigenvalue weighted by atomic mass is 16.1. The average molecular weight is 447 g/mol. The van der Waals surface area contributed by atoms with Crippen molar-refractivity contribution in [1.29, 1.82) is 0 Å². The summed E-state index contributed by atoms with van der Waals surface area (Å²) in [7, 11) is 0. The summed E-state index contributed by atoms with van der Waals surface area (Å²) in [5, 5.41) is 0. The number of primary amides is 1. The van der Waals surface area contributed by atoms with E-state index in [0.29, 0.717) is 35.6 Å². The Bertz CT molecular complexity index is 1340. The van der Waals surface area contributed by atoms with E-state index in [1.54, 1.807) is 42.0 Å². The molecular formula is C24H26N6O3. The number of benzene rings is 1. The minimum Gasteiger partial charge on any atom is -0.366 e. The van der Waals surface area contributed by atoms with Crippen molar-refractivity contribution in [1.82, 2.24) is 14.1 Å². The maximum absolute atomic E-state index is 13.4. The number of piperidine rings is 1. The Kier molecular flexibility index (Phi) is 6.29. The third-order valence-electron chi connectivity index (χ3n) is 5.79. The van der Waals surface area contributed by atoms with Crippen molar-refractivity contribution in [2.24, 2.45) is 11.5 Å². The van der Waals surface area contributed by atoms with Gasteiger partial charge in [-0.15, -0.1) is 5.92 Å². The number of rotatable bonds is 6. The van der Waals surface area contributed by atoms with Crippen molar-refractivity contribution in [3.05, 3.63) is 58.0 Å². The van der Waals surface area contributed by atoms with Crippen LogP contribution < -0.4 is 21.9 Å². The molecule has 1 aliphatic rings. The highest BCUT2D eigenvalue weighted by Crippen LogP contribution is 2.23. The monoisotopic (exact) mass is 446 g/mol. The lowest BCUT2D eigenvalue weighted by molar-refractivity contribution is 0.0971. The number of Topliss-reactive ketones (excluding diaryl/α,β-unsaturated/α-hetero) is 1. The van der Waals surface area contributed by atoms with E-state index in [-0.39, 0.29) is 29.5 Å². The number of carbonyl (C=O) groups excluding carboxylic acids is 2. The van der Waals surface area contributed by atoms with Gasteiger partial charge >= 0.3 is 0 Å². The largest absolute Gasteiger partial charge is 0.366 e. The first-order chi connectivity index (χ1) is 15.9. The van der Waals surface area contributed by atoms with Gasteiger partial charge in [-0.2, -0.15) is 0 Å². The van der Waals surface area contributed by atoms with Crippen molar-refractivity contribution < 1.29 is 9.59 Å².